The molecule has 11 atom stereocenters. The zero-order valence-electron chi connectivity index (χ0n) is 61.5. The second-order valence-corrected chi connectivity index (χ2v) is 28.7. The topological polar surface area (TPSA) is 279 Å². The number of amides is 11. The van der Waals surface area contributed by atoms with Crippen LogP contribution in [-0.4, -0.2) is 227 Å². The Kier molecular flexibility index (Phi) is 31.3. The van der Waals surface area contributed by atoms with Crippen molar-refractivity contribution in [2.45, 2.75) is 207 Å². The Morgan fingerprint density at radius 2 is 1.04 bits per heavy atom. The van der Waals surface area contributed by atoms with E-state index < -0.39 is 132 Å². The maximum Gasteiger partial charge on any atom is 0.248 e. The lowest BCUT2D eigenvalue weighted by Crippen LogP contribution is -2.62. The molecule has 3 aliphatic heterocycles. The van der Waals surface area contributed by atoms with Crippen LogP contribution in [0.1, 0.15) is 149 Å². The van der Waals surface area contributed by atoms with Gasteiger partial charge in [-0.15, -0.1) is 0 Å². The number of hydrogen-bond acceptors (Lipinski definition) is 12. The third-order valence-electron chi connectivity index (χ3n) is 19.2. The van der Waals surface area contributed by atoms with Gasteiger partial charge in [0.15, 0.2) is 0 Å². The molecule has 0 aliphatic carbocycles. The van der Waals surface area contributed by atoms with E-state index in [1.54, 1.807) is 54.3 Å². The highest BCUT2D eigenvalue weighted by atomic mass is 16.3. The first-order valence-corrected chi connectivity index (χ1v) is 35.3. The number of aliphatic hydroxyl groups excluding tert-OH is 1. The van der Waals surface area contributed by atoms with Gasteiger partial charge in [0, 0.05) is 81.1 Å². The van der Waals surface area contributed by atoms with Gasteiger partial charge < -0.3 is 60.7 Å². The maximum atomic E-state index is 15.3. The van der Waals surface area contributed by atoms with Crippen molar-refractivity contribution in [1.82, 2.24) is 55.6 Å². The number of nitrogens with one attached hydrogen (secondary N) is 4. The Hall–Kier alpha value is -8.47. The molecule has 0 saturated carbocycles. The van der Waals surface area contributed by atoms with Gasteiger partial charge in [-0.25, -0.2) is 0 Å². The molecule has 23 nitrogen and oxygen atoms in total. The van der Waals surface area contributed by atoms with Gasteiger partial charge in [-0.05, 0) is 110 Å². The van der Waals surface area contributed by atoms with E-state index in [0.29, 0.717) is 41.8 Å². The van der Waals surface area contributed by atoms with Crippen LogP contribution in [0.5, 0.6) is 0 Å². The minimum Gasteiger partial charge on any atom is -0.391 e. The predicted molar refractivity (Wildman–Crippen MR) is 382 cm³/mol. The number of rotatable bonds is 14. The zero-order valence-corrected chi connectivity index (χ0v) is 61.5. The van der Waals surface area contributed by atoms with Crippen molar-refractivity contribution < 1.29 is 57.8 Å². The summed E-state index contributed by atoms with van der Waals surface area (Å²) in [7, 11) is 8.63. The van der Waals surface area contributed by atoms with Crippen molar-refractivity contribution in [1.29, 1.82) is 0 Å². The fraction of sp³-hybridized carbons (Fsp3) is 0.592. The van der Waals surface area contributed by atoms with E-state index in [0.717, 1.165) is 29.7 Å². The first-order valence-electron chi connectivity index (χ1n) is 35.3. The predicted octanol–water partition coefficient (Wildman–Crippen LogP) is 5.65. The van der Waals surface area contributed by atoms with Crippen LogP contribution in [0.3, 0.4) is 0 Å². The van der Waals surface area contributed by atoms with Crippen molar-refractivity contribution in [2.75, 3.05) is 61.9 Å². The first kappa shape index (κ1) is 81.2. The van der Waals surface area contributed by atoms with Crippen LogP contribution >= 0.6 is 0 Å². The normalized spacial score (nSPS) is 24.6. The zero-order chi connectivity index (χ0) is 73.7. The average molecular weight is 1370 g/mol. The molecule has 0 unspecified atom stereocenters. The number of benzene rings is 3. The molecule has 99 heavy (non-hydrogen) atoms. The minimum atomic E-state index is -1.63. The molecule has 23 heteroatoms. The molecule has 11 amide bonds. The third-order valence-corrected chi connectivity index (χ3v) is 19.2. The monoisotopic (exact) mass is 1370 g/mol. The molecule has 6 rings (SSSR count). The van der Waals surface area contributed by atoms with Crippen LogP contribution in [-0.2, 0) is 72.0 Å². The van der Waals surface area contributed by atoms with Crippen molar-refractivity contribution in [3.8, 4) is 0 Å². The van der Waals surface area contributed by atoms with Gasteiger partial charge in [0.05, 0.1) is 12.6 Å². The van der Waals surface area contributed by atoms with Gasteiger partial charge >= 0.3 is 0 Å². The third kappa shape index (κ3) is 23.0. The van der Waals surface area contributed by atoms with Crippen LogP contribution in [0.2, 0.25) is 0 Å². The highest BCUT2D eigenvalue weighted by Crippen LogP contribution is 2.25. The standard InChI is InChI=1S/C76H113N11O12/c1-18-50(8)67-70(93)80-66(53(11)88)76(99)81(12)46-65(90)82(13)60(41-48(4)5)69(92)79-59(73(96)87-38-26-21-27-39-87)43-56-33-35-57(36-34-56)51(9)32-37-64(89)78-58(40-47(2)3)72(95)85(16)62(42-49(6)7)74(97)83(14)61(44-54-28-22-19-23-29-54)68(91)77-52(10)71(94)84(15)63(75(98)86(67)17)45-55-30-24-20-25-31-55/h19-20,22-25,28-31,33-36,47-50,52-53,58-63,66-67,88H,9,18,21,26-27,32,37-46H2,1-8,10-17H3,(H,77,91)(H,78,89)(H,79,92)(H,80,93)/t50-,52-,53+,58-,59-,60-,61-,62-,63-,66-,67-/m0/s1. The number of nitrogens with zero attached hydrogens (tertiary/aromatic N) is 7. The number of piperidine rings is 1. The molecule has 0 aromatic heterocycles. The average Bonchev–Trinajstić information content (AvgIpc) is 0.817. The van der Waals surface area contributed by atoms with Gasteiger partial charge in [-0.3, -0.25) is 52.7 Å². The summed E-state index contributed by atoms with van der Waals surface area (Å²) in [4.78, 5) is 172. The van der Waals surface area contributed by atoms with E-state index in [2.05, 4.69) is 27.8 Å². The maximum absolute atomic E-state index is 15.3. The number of hydrogen-bond donors (Lipinski definition) is 5. The molecule has 3 aliphatic rings. The van der Waals surface area contributed by atoms with Gasteiger partial charge in [-0.1, -0.05) is 153 Å². The molecular weight excluding hydrogens is 1260 g/mol. The lowest BCUT2D eigenvalue weighted by Gasteiger charge is -2.38. The molecule has 5 N–H and O–H groups in total. The number of aliphatic hydroxyl groups is 1. The lowest BCUT2D eigenvalue weighted by molar-refractivity contribution is -0.151. The second kappa shape index (κ2) is 38.2. The highest BCUT2D eigenvalue weighted by Gasteiger charge is 2.43. The van der Waals surface area contributed by atoms with Crippen LogP contribution in [0.25, 0.3) is 5.57 Å². The molecule has 3 aromatic carbocycles. The van der Waals surface area contributed by atoms with Gasteiger partial charge in [0.1, 0.15) is 54.4 Å². The summed E-state index contributed by atoms with van der Waals surface area (Å²) in [5.41, 5.74) is 3.42. The van der Waals surface area contributed by atoms with E-state index >= 15 is 9.59 Å². The number of carbonyl (C=O) groups excluding carboxylic acids is 11. The Labute approximate surface area is 587 Å². The smallest absolute Gasteiger partial charge is 0.248 e. The number of allylic oxidation sites excluding steroid dienone is 1. The van der Waals surface area contributed by atoms with E-state index in [4.69, 9.17) is 0 Å². The molecule has 0 radical (unpaired) electrons. The first-order chi connectivity index (χ1) is 46.7. The Balaban J connectivity index is 1.61. The lowest BCUT2D eigenvalue weighted by atomic mass is 9.94. The van der Waals surface area contributed by atoms with Crippen molar-refractivity contribution in [3.63, 3.8) is 0 Å². The highest BCUT2D eigenvalue weighted by molar-refractivity contribution is 5.99. The number of fused-ring (bicyclic) bond motifs is 35. The largest absolute Gasteiger partial charge is 0.391 e. The molecule has 2 bridgehead atoms. The molecule has 0 spiro atoms. The minimum absolute atomic E-state index is 0.00424. The van der Waals surface area contributed by atoms with E-state index in [1.165, 1.54) is 80.6 Å². The number of carbonyl (C=O) groups is 11. The van der Waals surface area contributed by atoms with E-state index in [1.807, 2.05) is 90.9 Å². The summed E-state index contributed by atoms with van der Waals surface area (Å²) in [6.07, 6.45) is 2.26. The van der Waals surface area contributed by atoms with Gasteiger partial charge in [-0.2, -0.15) is 0 Å². The molecular formula is C76H113N11O12. The van der Waals surface area contributed by atoms with E-state index in [9.17, 15) is 48.3 Å². The summed E-state index contributed by atoms with van der Waals surface area (Å²) >= 11 is 0. The number of likely N-dealkylation sites (tertiary alicyclic amines) is 1. The summed E-state index contributed by atoms with van der Waals surface area (Å²) in [6, 6.07) is 14.2. The summed E-state index contributed by atoms with van der Waals surface area (Å²) in [5.74, 6) is -7.57. The summed E-state index contributed by atoms with van der Waals surface area (Å²) in [5, 5.41) is 22.8. The van der Waals surface area contributed by atoms with Crippen molar-refractivity contribution in [2.24, 2.45) is 23.7 Å². The summed E-state index contributed by atoms with van der Waals surface area (Å²) < 4.78 is 0. The fourth-order valence-electron chi connectivity index (χ4n) is 13.0. The molecule has 1 fully saturated rings. The van der Waals surface area contributed by atoms with Crippen molar-refractivity contribution >= 4 is 70.6 Å². The van der Waals surface area contributed by atoms with Crippen LogP contribution in [0.4, 0.5) is 0 Å². The Bertz CT molecular complexity index is 3250. The van der Waals surface area contributed by atoms with Crippen LogP contribution in [0.15, 0.2) is 91.5 Å². The second-order valence-electron chi connectivity index (χ2n) is 28.7. The molecule has 3 aromatic rings. The fourth-order valence-corrected chi connectivity index (χ4v) is 13.0. The molecule has 1 saturated heterocycles. The van der Waals surface area contributed by atoms with Crippen molar-refractivity contribution in [3.05, 3.63) is 114 Å². The Morgan fingerprint density at radius 3 is 1.58 bits per heavy atom. The SMILES string of the molecule is C=C1CCC(=O)N[C@@H](CC(C)C)C(=O)N(C)[C@@H](CC(C)C)C(=O)N(C)[C@@H](Cc2ccccc2)C(=O)N[C@@H](C)C(=O)N(C)[C@@H](Cc2ccccc2)C(=O)N(C)[C@@H]([C@@H](C)CC)C(=O)N[C@@H]([C@@H](C)O)C(=O)N(C)CC(=O)N(C)[C@@H](CC(C)C)C(=O)N[C@H](C(=O)N2CCCCC2)Cc2ccc1cc2. The Morgan fingerprint density at radius 1 is 0.535 bits per heavy atom. The van der Waals surface area contributed by atoms with Gasteiger partial charge in [0.25, 0.3) is 0 Å². The van der Waals surface area contributed by atoms with Gasteiger partial charge in [0.2, 0.25) is 65.0 Å². The van der Waals surface area contributed by atoms with Crippen LogP contribution < -0.4 is 21.3 Å². The number of likely N-dealkylation sites (N-methyl/N-ethyl adjacent to an activating group) is 6. The molecule has 3 heterocycles. The van der Waals surface area contributed by atoms with E-state index in [-0.39, 0.29) is 75.0 Å². The molecule has 544 valence electrons. The quantitative estimate of drug-likeness (QED) is 0.123. The van der Waals surface area contributed by atoms with Crippen LogP contribution in [0, 0.1) is 23.7 Å². The summed E-state index contributed by atoms with van der Waals surface area (Å²) in [6.45, 7) is 22.5.